The van der Waals surface area contributed by atoms with Crippen LogP contribution < -0.4 is 10.1 Å². The second-order valence-electron chi connectivity index (χ2n) is 6.75. The summed E-state index contributed by atoms with van der Waals surface area (Å²) in [5.74, 6) is 2.11. The normalized spacial score (nSPS) is 14.1. The van der Waals surface area contributed by atoms with Crippen LogP contribution in [0.1, 0.15) is 5.56 Å². The number of methoxy groups -OCH3 is 1. The number of halogens is 3. The molecule has 1 aromatic heterocycles. The van der Waals surface area contributed by atoms with Crippen molar-refractivity contribution in [2.24, 2.45) is 9.98 Å². The molecule has 166 valence electrons. The van der Waals surface area contributed by atoms with Crippen molar-refractivity contribution in [3.63, 3.8) is 0 Å². The predicted octanol–water partition coefficient (Wildman–Crippen LogP) is 4.34. The largest absolute Gasteiger partial charge is 0.496 e. The fraction of sp³-hybridized carbons (Fsp3) is 0.238. The monoisotopic (exact) mass is 492 g/mol. The van der Waals surface area contributed by atoms with E-state index >= 15 is 0 Å². The van der Waals surface area contributed by atoms with Crippen LogP contribution in [0.4, 0.5) is 11.5 Å². The van der Waals surface area contributed by atoms with E-state index in [1.165, 1.54) is 0 Å². The summed E-state index contributed by atoms with van der Waals surface area (Å²) >= 11 is 17.8. The lowest BCUT2D eigenvalue weighted by Gasteiger charge is -2.23. The first-order chi connectivity index (χ1) is 15.5. The third kappa shape index (κ3) is 4.59. The maximum absolute atomic E-state index is 8.83. The molecule has 0 saturated carbocycles. The minimum absolute atomic E-state index is 0.0122. The van der Waals surface area contributed by atoms with E-state index < -0.39 is 0 Å². The number of nitrogens with one attached hydrogen (secondary N) is 1. The highest BCUT2D eigenvalue weighted by Gasteiger charge is 2.28. The molecule has 3 aromatic rings. The Labute approximate surface area is 199 Å². The molecule has 8 nitrogen and oxygen atoms in total. The summed E-state index contributed by atoms with van der Waals surface area (Å²) in [6, 6.07) is 11.0. The van der Waals surface area contributed by atoms with E-state index in [9.17, 15) is 0 Å². The van der Waals surface area contributed by atoms with Crippen molar-refractivity contribution in [2.45, 2.75) is 0 Å². The highest BCUT2D eigenvalue weighted by molar-refractivity contribution is 6.66. The number of ether oxygens (including phenoxy) is 1. The van der Waals surface area contributed by atoms with Gasteiger partial charge in [0.05, 0.1) is 36.9 Å². The molecule has 0 atom stereocenters. The molecule has 0 radical (unpaired) electrons. The van der Waals surface area contributed by atoms with Crippen LogP contribution in [0.2, 0.25) is 10.3 Å². The Morgan fingerprint density at radius 3 is 2.78 bits per heavy atom. The van der Waals surface area contributed by atoms with E-state index in [4.69, 9.17) is 44.6 Å². The fourth-order valence-corrected chi connectivity index (χ4v) is 4.00. The van der Waals surface area contributed by atoms with Crippen LogP contribution in [-0.2, 0) is 0 Å². The fourth-order valence-electron chi connectivity index (χ4n) is 3.40. The zero-order chi connectivity index (χ0) is 22.7. The second kappa shape index (κ2) is 9.87. The Kier molecular flexibility index (Phi) is 6.95. The van der Waals surface area contributed by atoms with Gasteiger partial charge in [-0.05, 0) is 53.5 Å². The van der Waals surface area contributed by atoms with E-state index in [1.54, 1.807) is 13.2 Å². The van der Waals surface area contributed by atoms with Crippen LogP contribution in [0.15, 0.2) is 46.4 Å². The summed E-state index contributed by atoms with van der Waals surface area (Å²) in [6.45, 7) is 1.95. The van der Waals surface area contributed by atoms with Crippen LogP contribution in [0.3, 0.4) is 0 Å². The molecule has 0 fully saturated rings. The standard InChI is InChI=1S/C11H12ClN3O2.C10H7Cl2N3/c1-17-8-4-2-3-7-9(8)10(13-5-6-16)15-11(12)14-7;11-6-1-2-8-7(5-6)9-13-3-4-15(9)10(12)14-8/h2-4,16H,5-6H2,1H3,(H,13,14,15);1-2,5H,3-4H2. The van der Waals surface area contributed by atoms with Gasteiger partial charge in [-0.15, -0.1) is 0 Å². The molecule has 2 aliphatic rings. The van der Waals surface area contributed by atoms with Crippen LogP contribution in [0.25, 0.3) is 10.9 Å². The number of aliphatic hydroxyl groups is 1. The molecule has 2 aromatic carbocycles. The number of aromatic nitrogens is 2. The summed E-state index contributed by atoms with van der Waals surface area (Å²) in [6.07, 6.45) is 0. The minimum Gasteiger partial charge on any atom is -0.496 e. The van der Waals surface area contributed by atoms with Crippen LogP contribution in [0.5, 0.6) is 5.75 Å². The summed E-state index contributed by atoms with van der Waals surface area (Å²) < 4.78 is 5.26. The van der Waals surface area contributed by atoms with Crippen LogP contribution >= 0.6 is 34.8 Å². The third-order valence-corrected chi connectivity index (χ3v) is 5.45. The van der Waals surface area contributed by atoms with Crippen molar-refractivity contribution < 1.29 is 9.84 Å². The van der Waals surface area contributed by atoms with Gasteiger partial charge in [0.1, 0.15) is 17.4 Å². The van der Waals surface area contributed by atoms with Gasteiger partial charge in [-0.1, -0.05) is 17.7 Å². The van der Waals surface area contributed by atoms with Crippen molar-refractivity contribution in [1.82, 2.24) is 14.9 Å². The Balaban J connectivity index is 0.000000154. The zero-order valence-electron chi connectivity index (χ0n) is 17.0. The Bertz CT molecular complexity index is 1220. The molecule has 0 amide bonds. The molecule has 11 heteroatoms. The lowest BCUT2D eigenvalue weighted by Crippen LogP contribution is -2.34. The zero-order valence-corrected chi connectivity index (χ0v) is 19.3. The predicted molar refractivity (Wildman–Crippen MR) is 129 cm³/mol. The highest BCUT2D eigenvalue weighted by atomic mass is 35.5. The number of hydrogen-bond donors (Lipinski definition) is 2. The molecule has 0 bridgehead atoms. The Morgan fingerprint density at radius 2 is 2.00 bits per heavy atom. The van der Waals surface area contributed by atoms with Gasteiger partial charge in [-0.2, -0.15) is 0 Å². The van der Waals surface area contributed by atoms with Crippen molar-refractivity contribution in [3.05, 3.63) is 52.3 Å². The quantitative estimate of drug-likeness (QED) is 0.415. The van der Waals surface area contributed by atoms with Crippen molar-refractivity contribution in [1.29, 1.82) is 0 Å². The van der Waals surface area contributed by atoms with E-state index in [-0.39, 0.29) is 11.9 Å². The average molecular weight is 494 g/mol. The SMILES string of the molecule is COc1cccc2nc(Cl)nc(NCCO)c12.ClC1=Nc2ccc(Cl)cc2C2=NCCN12. The molecule has 0 unspecified atom stereocenters. The van der Waals surface area contributed by atoms with Crippen molar-refractivity contribution in [3.8, 4) is 5.75 Å². The number of rotatable bonds is 4. The molecular formula is C21H19Cl3N6O2. The molecular weight excluding hydrogens is 475 g/mol. The summed E-state index contributed by atoms with van der Waals surface area (Å²) in [4.78, 5) is 18.8. The Hall–Kier alpha value is -2.65. The van der Waals surface area contributed by atoms with E-state index in [0.717, 1.165) is 35.6 Å². The molecule has 5 rings (SSSR count). The smallest absolute Gasteiger partial charge is 0.224 e. The van der Waals surface area contributed by atoms with Crippen molar-refractivity contribution in [2.75, 3.05) is 38.7 Å². The summed E-state index contributed by atoms with van der Waals surface area (Å²) in [5.41, 5.74) is 2.50. The molecule has 32 heavy (non-hydrogen) atoms. The van der Waals surface area contributed by atoms with Gasteiger partial charge >= 0.3 is 0 Å². The van der Waals surface area contributed by atoms with Gasteiger partial charge in [0.25, 0.3) is 0 Å². The minimum atomic E-state index is 0.0122. The molecule has 2 N–H and O–H groups in total. The number of anilines is 1. The van der Waals surface area contributed by atoms with Crippen molar-refractivity contribution >= 4 is 68.3 Å². The van der Waals surface area contributed by atoms with Gasteiger partial charge in [-0.3, -0.25) is 9.89 Å². The first-order valence-corrected chi connectivity index (χ1v) is 10.9. The first kappa shape index (κ1) is 22.5. The molecule has 0 spiro atoms. The van der Waals surface area contributed by atoms with E-state index in [2.05, 4.69) is 25.3 Å². The van der Waals surface area contributed by atoms with Gasteiger partial charge in [-0.25, -0.2) is 15.0 Å². The van der Waals surface area contributed by atoms with E-state index in [1.807, 2.05) is 35.2 Å². The summed E-state index contributed by atoms with van der Waals surface area (Å²) in [7, 11) is 1.58. The maximum Gasteiger partial charge on any atom is 0.224 e. The third-order valence-electron chi connectivity index (χ3n) is 4.76. The van der Waals surface area contributed by atoms with Gasteiger partial charge in [0.2, 0.25) is 10.6 Å². The molecule has 0 aliphatic carbocycles. The highest BCUT2D eigenvalue weighted by Crippen LogP contribution is 2.32. The van der Waals surface area contributed by atoms with Gasteiger partial charge in [0, 0.05) is 23.7 Å². The summed E-state index contributed by atoms with van der Waals surface area (Å²) in [5, 5.41) is 13.9. The number of benzene rings is 2. The second-order valence-corrected chi connectivity index (χ2v) is 7.86. The van der Waals surface area contributed by atoms with Crippen LogP contribution in [-0.4, -0.2) is 64.5 Å². The molecule has 3 heterocycles. The first-order valence-electron chi connectivity index (χ1n) is 9.73. The lowest BCUT2D eigenvalue weighted by atomic mass is 10.1. The van der Waals surface area contributed by atoms with Gasteiger partial charge in [0.15, 0.2) is 0 Å². The average Bonchev–Trinajstić information content (AvgIpc) is 3.29. The number of nitrogens with zero attached hydrogens (tertiary/aromatic N) is 5. The molecule has 0 saturated heterocycles. The molecule has 2 aliphatic heterocycles. The lowest BCUT2D eigenvalue weighted by molar-refractivity contribution is 0.311. The van der Waals surface area contributed by atoms with Gasteiger partial charge < -0.3 is 15.2 Å². The van der Waals surface area contributed by atoms with Crippen LogP contribution in [0, 0.1) is 0 Å². The number of aliphatic imine (C=N–C) groups is 2. The number of amidine groups is 2. The number of aliphatic hydroxyl groups excluding tert-OH is 1. The number of hydrogen-bond acceptors (Lipinski definition) is 8. The number of fused-ring (bicyclic) bond motifs is 4. The maximum atomic E-state index is 8.83. The Morgan fingerprint density at radius 1 is 1.16 bits per heavy atom. The van der Waals surface area contributed by atoms with E-state index in [0.29, 0.717) is 33.9 Å². The topological polar surface area (TPSA) is 95.2 Å².